The van der Waals surface area contributed by atoms with E-state index in [1.807, 2.05) is 0 Å². The third-order valence-electron chi connectivity index (χ3n) is 2.55. The summed E-state index contributed by atoms with van der Waals surface area (Å²) in [6, 6.07) is 5.04. The van der Waals surface area contributed by atoms with Crippen LogP contribution in [0.15, 0.2) is 23.2 Å². The molecule has 0 atom stereocenters. The predicted molar refractivity (Wildman–Crippen MR) is 67.3 cm³/mol. The number of amidine groups is 1. The van der Waals surface area contributed by atoms with Crippen molar-refractivity contribution >= 4 is 23.2 Å². The summed E-state index contributed by atoms with van der Waals surface area (Å²) in [5.74, 6) is 1.34. The van der Waals surface area contributed by atoms with Gasteiger partial charge in [0, 0.05) is 12.1 Å². The van der Waals surface area contributed by atoms with Gasteiger partial charge in [-0.15, -0.1) is 0 Å². The lowest BCUT2D eigenvalue weighted by molar-refractivity contribution is 0.1000. The number of nitrogens with zero attached hydrogens (tertiary/aromatic N) is 1. The Kier molecular flexibility index (Phi) is 3.64. The minimum Gasteiger partial charge on any atom is -0.497 e. The van der Waals surface area contributed by atoms with E-state index >= 15 is 0 Å². The molecule has 0 fully saturated rings. The van der Waals surface area contributed by atoms with Crippen LogP contribution in [0.2, 0.25) is 5.02 Å². The van der Waals surface area contributed by atoms with Crippen LogP contribution in [0, 0.1) is 0 Å². The van der Waals surface area contributed by atoms with Crippen LogP contribution < -0.4 is 10.1 Å². The molecule has 0 spiro atoms. The lowest BCUT2D eigenvalue weighted by Crippen LogP contribution is -2.21. The molecule has 0 bridgehead atoms. The van der Waals surface area contributed by atoms with Crippen molar-refractivity contribution in [3.8, 4) is 5.75 Å². The van der Waals surface area contributed by atoms with Gasteiger partial charge < -0.3 is 10.1 Å². The fourth-order valence-corrected chi connectivity index (χ4v) is 1.94. The maximum Gasteiger partial charge on any atom is 0.171 e. The van der Waals surface area contributed by atoms with Crippen LogP contribution >= 0.6 is 11.6 Å². The first-order valence-electron chi connectivity index (χ1n) is 5.34. The second-order valence-electron chi connectivity index (χ2n) is 3.70. The van der Waals surface area contributed by atoms with Crippen LogP contribution in [0.3, 0.4) is 0 Å². The summed E-state index contributed by atoms with van der Waals surface area (Å²) in [6.07, 6.45) is 0.270. The van der Waals surface area contributed by atoms with Crippen LogP contribution in [0.5, 0.6) is 5.75 Å². The first-order valence-corrected chi connectivity index (χ1v) is 5.72. The number of methoxy groups -OCH3 is 1. The SMILES string of the molecule is COc1ccc(C(=O)CC2=NCCN2)c(Cl)c1. The summed E-state index contributed by atoms with van der Waals surface area (Å²) in [5, 5.41) is 3.47. The number of carbonyl (C=O) groups excluding carboxylic acids is 1. The van der Waals surface area contributed by atoms with Crippen LogP contribution in [-0.4, -0.2) is 31.8 Å². The Balaban J connectivity index is 2.13. The number of benzene rings is 1. The minimum absolute atomic E-state index is 0.0363. The van der Waals surface area contributed by atoms with Gasteiger partial charge in [-0.05, 0) is 18.2 Å². The number of ether oxygens (including phenoxy) is 1. The van der Waals surface area contributed by atoms with Gasteiger partial charge in [-0.1, -0.05) is 11.6 Å². The van der Waals surface area contributed by atoms with E-state index < -0.39 is 0 Å². The fourth-order valence-electron chi connectivity index (χ4n) is 1.66. The lowest BCUT2D eigenvalue weighted by atomic mass is 10.1. The molecule has 2 rings (SSSR count). The van der Waals surface area contributed by atoms with Crippen LogP contribution in [0.4, 0.5) is 0 Å². The molecule has 0 unspecified atom stereocenters. The van der Waals surface area contributed by atoms with E-state index in [-0.39, 0.29) is 12.2 Å². The molecular formula is C12H13ClN2O2. The Hall–Kier alpha value is -1.55. The highest BCUT2D eigenvalue weighted by Crippen LogP contribution is 2.23. The zero-order chi connectivity index (χ0) is 12.3. The quantitative estimate of drug-likeness (QED) is 0.833. The van der Waals surface area contributed by atoms with E-state index in [0.717, 1.165) is 18.9 Å². The topological polar surface area (TPSA) is 50.7 Å². The third kappa shape index (κ3) is 2.77. The van der Waals surface area contributed by atoms with Gasteiger partial charge in [0.2, 0.25) is 0 Å². The average molecular weight is 253 g/mol. The van der Waals surface area contributed by atoms with E-state index in [1.54, 1.807) is 25.3 Å². The molecule has 1 aromatic rings. The highest BCUT2D eigenvalue weighted by molar-refractivity contribution is 6.34. The first-order chi connectivity index (χ1) is 8.20. The average Bonchev–Trinajstić information content (AvgIpc) is 2.81. The molecule has 1 aliphatic rings. The number of carbonyl (C=O) groups is 1. The molecule has 4 nitrogen and oxygen atoms in total. The van der Waals surface area contributed by atoms with Crippen molar-refractivity contribution in [2.24, 2.45) is 4.99 Å². The summed E-state index contributed by atoms with van der Waals surface area (Å²) in [7, 11) is 1.56. The van der Waals surface area contributed by atoms with E-state index in [2.05, 4.69) is 10.3 Å². The zero-order valence-electron chi connectivity index (χ0n) is 9.50. The Morgan fingerprint density at radius 1 is 1.59 bits per heavy atom. The largest absolute Gasteiger partial charge is 0.497 e. The van der Waals surface area contributed by atoms with Gasteiger partial charge in [0.15, 0.2) is 5.78 Å². The Morgan fingerprint density at radius 2 is 2.41 bits per heavy atom. The Labute approximate surface area is 105 Å². The summed E-state index contributed by atoms with van der Waals surface area (Å²) in [5.41, 5.74) is 0.504. The number of Topliss-reactive ketones (excluding diaryl/α,β-unsaturated/α-hetero) is 1. The number of ketones is 1. The van der Waals surface area contributed by atoms with Gasteiger partial charge in [-0.25, -0.2) is 0 Å². The highest BCUT2D eigenvalue weighted by Gasteiger charge is 2.15. The van der Waals surface area contributed by atoms with Crippen molar-refractivity contribution in [1.82, 2.24) is 5.32 Å². The number of hydrogen-bond donors (Lipinski definition) is 1. The molecule has 90 valence electrons. The molecule has 1 N–H and O–H groups in total. The Bertz CT molecular complexity index is 472. The smallest absolute Gasteiger partial charge is 0.171 e. The summed E-state index contributed by atoms with van der Waals surface area (Å²) < 4.78 is 5.03. The van der Waals surface area contributed by atoms with Crippen molar-refractivity contribution in [1.29, 1.82) is 0 Å². The van der Waals surface area contributed by atoms with Crippen LogP contribution in [-0.2, 0) is 0 Å². The summed E-state index contributed by atoms with van der Waals surface area (Å²) >= 11 is 6.03. The van der Waals surface area contributed by atoms with E-state index in [0.29, 0.717) is 16.3 Å². The molecular weight excluding hydrogens is 240 g/mol. The first kappa shape index (κ1) is 11.9. The molecule has 0 saturated heterocycles. The second kappa shape index (κ2) is 5.19. The van der Waals surface area contributed by atoms with Gasteiger partial charge in [0.1, 0.15) is 11.6 Å². The highest BCUT2D eigenvalue weighted by atomic mass is 35.5. The molecule has 1 aliphatic heterocycles. The normalized spacial score (nSPS) is 14.1. The number of nitrogens with one attached hydrogen (secondary N) is 1. The van der Waals surface area contributed by atoms with Crippen LogP contribution in [0.25, 0.3) is 0 Å². The molecule has 0 aliphatic carbocycles. The Morgan fingerprint density at radius 3 is 3.00 bits per heavy atom. The second-order valence-corrected chi connectivity index (χ2v) is 4.11. The zero-order valence-corrected chi connectivity index (χ0v) is 10.3. The van der Waals surface area contributed by atoms with Gasteiger partial charge in [-0.2, -0.15) is 0 Å². The molecule has 1 heterocycles. The monoisotopic (exact) mass is 252 g/mol. The lowest BCUT2D eigenvalue weighted by Gasteiger charge is -2.06. The maximum absolute atomic E-state index is 12.0. The molecule has 0 radical (unpaired) electrons. The van der Waals surface area contributed by atoms with Gasteiger partial charge in [0.05, 0.1) is 25.1 Å². The number of rotatable bonds is 4. The van der Waals surface area contributed by atoms with Gasteiger partial charge in [-0.3, -0.25) is 9.79 Å². The van der Waals surface area contributed by atoms with Crippen LogP contribution in [0.1, 0.15) is 16.8 Å². The number of halogens is 1. The standard InChI is InChI=1S/C12H13ClN2O2/c1-17-8-2-3-9(10(13)6-8)11(16)7-12-14-4-5-15-12/h2-3,6H,4-5,7H2,1H3,(H,14,15). The van der Waals surface area contributed by atoms with Crippen molar-refractivity contribution < 1.29 is 9.53 Å². The van der Waals surface area contributed by atoms with Gasteiger partial charge >= 0.3 is 0 Å². The summed E-state index contributed by atoms with van der Waals surface area (Å²) in [6.45, 7) is 1.54. The fraction of sp³-hybridized carbons (Fsp3) is 0.333. The van der Waals surface area contributed by atoms with E-state index in [9.17, 15) is 4.79 Å². The molecule has 17 heavy (non-hydrogen) atoms. The van der Waals surface area contributed by atoms with Crippen molar-refractivity contribution in [3.05, 3.63) is 28.8 Å². The molecule has 0 amide bonds. The molecule has 0 aromatic heterocycles. The number of hydrogen-bond acceptors (Lipinski definition) is 4. The molecule has 5 heteroatoms. The number of aliphatic imine (C=N–C) groups is 1. The van der Waals surface area contributed by atoms with Crippen molar-refractivity contribution in [3.63, 3.8) is 0 Å². The van der Waals surface area contributed by atoms with E-state index in [4.69, 9.17) is 16.3 Å². The molecule has 1 aromatic carbocycles. The maximum atomic E-state index is 12.0. The van der Waals surface area contributed by atoms with E-state index in [1.165, 1.54) is 0 Å². The predicted octanol–water partition coefficient (Wildman–Crippen LogP) is 1.92. The minimum atomic E-state index is -0.0363. The van der Waals surface area contributed by atoms with Gasteiger partial charge in [0.25, 0.3) is 0 Å². The third-order valence-corrected chi connectivity index (χ3v) is 2.86. The summed E-state index contributed by atoms with van der Waals surface area (Å²) in [4.78, 5) is 16.2. The van der Waals surface area contributed by atoms with Crippen molar-refractivity contribution in [2.75, 3.05) is 20.2 Å². The van der Waals surface area contributed by atoms with Crippen molar-refractivity contribution in [2.45, 2.75) is 6.42 Å². The molecule has 0 saturated carbocycles.